The number of benzene rings is 1. The molecule has 0 saturated heterocycles. The number of aryl methyl sites for hydroxylation is 1. The second kappa shape index (κ2) is 5.08. The van der Waals surface area contributed by atoms with Gasteiger partial charge in [-0.1, -0.05) is 12.1 Å². The number of hydrogen-bond acceptors (Lipinski definition) is 2. The lowest BCUT2D eigenvalue weighted by atomic mass is 9.99. The molecule has 2 aromatic rings. The minimum Gasteiger partial charge on any atom is -0.477 e. The molecule has 21 heavy (non-hydrogen) atoms. The van der Waals surface area contributed by atoms with Crippen LogP contribution in [0.1, 0.15) is 21.6 Å². The van der Waals surface area contributed by atoms with Crippen LogP contribution in [0.2, 0.25) is 0 Å². The Hall–Kier alpha value is -2.57. The fourth-order valence-electron chi connectivity index (χ4n) is 1.98. The van der Waals surface area contributed by atoms with Crippen LogP contribution in [0.5, 0.6) is 0 Å². The Labute approximate surface area is 116 Å². The molecule has 1 aromatic heterocycles. The summed E-state index contributed by atoms with van der Waals surface area (Å²) in [4.78, 5) is 25.6. The zero-order valence-electron chi connectivity index (χ0n) is 10.8. The zero-order valence-corrected chi connectivity index (χ0v) is 10.8. The molecule has 7 heteroatoms. The average molecular weight is 297 g/mol. The summed E-state index contributed by atoms with van der Waals surface area (Å²) in [6, 6.07) is 4.21. The molecular weight excluding hydrogens is 287 g/mol. The average Bonchev–Trinajstić information content (AvgIpc) is 2.37. The molecule has 0 fully saturated rings. The topological polar surface area (TPSA) is 70.2 Å². The van der Waals surface area contributed by atoms with E-state index in [4.69, 9.17) is 5.11 Å². The van der Waals surface area contributed by atoms with Gasteiger partial charge >= 0.3 is 12.1 Å². The van der Waals surface area contributed by atoms with Gasteiger partial charge in [-0.2, -0.15) is 13.2 Å². The molecule has 0 aliphatic heterocycles. The summed E-state index contributed by atoms with van der Waals surface area (Å²) < 4.78 is 38.1. The highest BCUT2D eigenvalue weighted by atomic mass is 19.4. The van der Waals surface area contributed by atoms with E-state index in [9.17, 15) is 22.8 Å². The number of aromatic nitrogens is 1. The van der Waals surface area contributed by atoms with Gasteiger partial charge in [-0.15, -0.1) is 0 Å². The molecule has 0 aliphatic carbocycles. The van der Waals surface area contributed by atoms with Crippen LogP contribution < -0.4 is 5.43 Å². The monoisotopic (exact) mass is 297 g/mol. The maximum atomic E-state index is 12.7. The molecule has 0 bridgehead atoms. The first kappa shape index (κ1) is 14.8. The smallest absolute Gasteiger partial charge is 0.416 e. The number of nitrogens with one attached hydrogen (secondary N) is 1. The van der Waals surface area contributed by atoms with Gasteiger partial charge in [-0.3, -0.25) is 4.79 Å². The van der Waals surface area contributed by atoms with Crippen molar-refractivity contribution in [2.45, 2.75) is 13.1 Å². The van der Waals surface area contributed by atoms with Gasteiger partial charge in [0, 0.05) is 17.5 Å². The van der Waals surface area contributed by atoms with E-state index in [1.54, 1.807) is 0 Å². The molecule has 1 heterocycles. The second-order valence-corrected chi connectivity index (χ2v) is 4.42. The van der Waals surface area contributed by atoms with Crippen LogP contribution in [0.15, 0.2) is 35.3 Å². The van der Waals surface area contributed by atoms with Gasteiger partial charge in [0.25, 0.3) is 0 Å². The van der Waals surface area contributed by atoms with Crippen molar-refractivity contribution in [1.82, 2.24) is 4.98 Å². The Balaban J connectivity index is 2.71. The fraction of sp³-hybridized carbons (Fsp3) is 0.143. The van der Waals surface area contributed by atoms with Crippen molar-refractivity contribution < 1.29 is 23.1 Å². The Bertz CT molecular complexity index is 763. The summed E-state index contributed by atoms with van der Waals surface area (Å²) in [5, 5.41) is 8.91. The number of aromatic amines is 1. The molecule has 2 rings (SSSR count). The molecule has 0 atom stereocenters. The second-order valence-electron chi connectivity index (χ2n) is 4.42. The highest BCUT2D eigenvalue weighted by Crippen LogP contribution is 2.31. The summed E-state index contributed by atoms with van der Waals surface area (Å²) >= 11 is 0. The molecule has 4 nitrogen and oxygen atoms in total. The van der Waals surface area contributed by atoms with Gasteiger partial charge in [0.2, 0.25) is 5.43 Å². The number of carboxylic acids is 1. The first-order valence-corrected chi connectivity index (χ1v) is 5.85. The molecule has 0 aliphatic rings. The normalized spacial score (nSPS) is 11.4. The third kappa shape index (κ3) is 2.81. The van der Waals surface area contributed by atoms with E-state index < -0.39 is 28.7 Å². The molecule has 2 N–H and O–H groups in total. The lowest BCUT2D eigenvalue weighted by Gasteiger charge is -2.10. The number of rotatable bonds is 2. The van der Waals surface area contributed by atoms with Gasteiger partial charge < -0.3 is 10.1 Å². The molecule has 0 radical (unpaired) electrons. The third-order valence-corrected chi connectivity index (χ3v) is 2.99. The number of carboxylic acid groups (broad SMARTS) is 1. The number of H-pyrrole nitrogens is 1. The molecule has 1 aromatic carbocycles. The van der Waals surface area contributed by atoms with Crippen LogP contribution in [0.3, 0.4) is 0 Å². The van der Waals surface area contributed by atoms with Crippen molar-refractivity contribution in [2.24, 2.45) is 0 Å². The largest absolute Gasteiger partial charge is 0.477 e. The van der Waals surface area contributed by atoms with E-state index in [0.717, 1.165) is 18.3 Å². The van der Waals surface area contributed by atoms with E-state index in [1.807, 2.05) is 0 Å². The highest BCUT2D eigenvalue weighted by molar-refractivity contribution is 5.89. The molecule has 0 saturated carbocycles. The number of alkyl halides is 3. The van der Waals surface area contributed by atoms with Crippen molar-refractivity contribution in [3.05, 3.63) is 57.5 Å². The number of carbonyl (C=O) groups is 1. The maximum absolute atomic E-state index is 12.7. The van der Waals surface area contributed by atoms with Crippen molar-refractivity contribution in [3.8, 4) is 11.1 Å². The SMILES string of the molecule is Cc1[nH]cc(C(=O)O)c(=O)c1-c1cccc(C(F)(F)F)c1. The molecule has 0 spiro atoms. The summed E-state index contributed by atoms with van der Waals surface area (Å²) in [5.41, 5.74) is -2.01. The standard InChI is InChI=1S/C14H10F3NO3/c1-7-11(12(19)10(6-18-7)13(20)21)8-3-2-4-9(5-8)14(15,16)17/h2-6H,1H3,(H,18,19)(H,20,21). The van der Waals surface area contributed by atoms with Gasteiger partial charge in [0.05, 0.1) is 5.56 Å². The quantitative estimate of drug-likeness (QED) is 0.895. The van der Waals surface area contributed by atoms with Gasteiger partial charge in [-0.25, -0.2) is 4.79 Å². The predicted octanol–water partition coefficient (Wildman–Crippen LogP) is 3.07. The van der Waals surface area contributed by atoms with Crippen molar-refractivity contribution in [2.75, 3.05) is 0 Å². The van der Waals surface area contributed by atoms with E-state index >= 15 is 0 Å². The van der Waals surface area contributed by atoms with Crippen LogP contribution in [0.25, 0.3) is 11.1 Å². The third-order valence-electron chi connectivity index (χ3n) is 2.99. The number of pyridine rings is 1. The Kier molecular flexibility index (Phi) is 3.59. The zero-order chi connectivity index (χ0) is 15.8. The number of halogens is 3. The molecular formula is C14H10F3NO3. The van der Waals surface area contributed by atoms with Crippen LogP contribution in [-0.2, 0) is 6.18 Å². The Morgan fingerprint density at radius 2 is 1.95 bits per heavy atom. The number of aromatic carboxylic acids is 1. The minimum atomic E-state index is -4.54. The summed E-state index contributed by atoms with van der Waals surface area (Å²) in [6.07, 6.45) is -3.52. The van der Waals surface area contributed by atoms with Crippen LogP contribution in [-0.4, -0.2) is 16.1 Å². The Morgan fingerprint density at radius 3 is 2.52 bits per heavy atom. The van der Waals surface area contributed by atoms with E-state index in [1.165, 1.54) is 19.1 Å². The lowest BCUT2D eigenvalue weighted by molar-refractivity contribution is -0.137. The molecule has 0 unspecified atom stereocenters. The summed E-state index contributed by atoms with van der Waals surface area (Å²) in [5.74, 6) is -1.44. The van der Waals surface area contributed by atoms with E-state index in [2.05, 4.69) is 4.98 Å². The van der Waals surface area contributed by atoms with Crippen LogP contribution in [0.4, 0.5) is 13.2 Å². The highest BCUT2D eigenvalue weighted by Gasteiger charge is 2.30. The maximum Gasteiger partial charge on any atom is 0.416 e. The predicted molar refractivity (Wildman–Crippen MR) is 69.2 cm³/mol. The van der Waals surface area contributed by atoms with E-state index in [-0.39, 0.29) is 11.1 Å². The fourth-order valence-corrected chi connectivity index (χ4v) is 1.98. The van der Waals surface area contributed by atoms with Crippen molar-refractivity contribution >= 4 is 5.97 Å². The van der Waals surface area contributed by atoms with Crippen LogP contribution in [0, 0.1) is 6.92 Å². The van der Waals surface area contributed by atoms with Crippen molar-refractivity contribution in [3.63, 3.8) is 0 Å². The first-order valence-electron chi connectivity index (χ1n) is 5.85. The van der Waals surface area contributed by atoms with Gasteiger partial charge in [0.15, 0.2) is 0 Å². The summed E-state index contributed by atoms with van der Waals surface area (Å²) in [7, 11) is 0. The first-order chi connectivity index (χ1) is 9.71. The molecule has 0 amide bonds. The van der Waals surface area contributed by atoms with Gasteiger partial charge in [0.1, 0.15) is 5.56 Å². The Morgan fingerprint density at radius 1 is 1.29 bits per heavy atom. The van der Waals surface area contributed by atoms with Crippen LogP contribution >= 0.6 is 0 Å². The summed E-state index contributed by atoms with van der Waals surface area (Å²) in [6.45, 7) is 1.49. The minimum absolute atomic E-state index is 0.0201. The van der Waals surface area contributed by atoms with Gasteiger partial charge in [-0.05, 0) is 24.6 Å². The van der Waals surface area contributed by atoms with E-state index in [0.29, 0.717) is 5.69 Å². The van der Waals surface area contributed by atoms with Crippen molar-refractivity contribution in [1.29, 1.82) is 0 Å². The molecule has 110 valence electrons. The number of hydrogen-bond donors (Lipinski definition) is 2. The lowest BCUT2D eigenvalue weighted by Crippen LogP contribution is -2.18.